The molecular weight excluding hydrogens is 406 g/mol. The lowest BCUT2D eigenvalue weighted by molar-refractivity contribution is 0.0698. The first-order chi connectivity index (χ1) is 15.3. The van der Waals surface area contributed by atoms with E-state index in [0.717, 1.165) is 11.3 Å². The topological polar surface area (TPSA) is 91.8 Å². The number of benzene rings is 2. The second-order valence-electron chi connectivity index (χ2n) is 7.57. The van der Waals surface area contributed by atoms with E-state index in [-0.39, 0.29) is 11.6 Å². The van der Waals surface area contributed by atoms with Gasteiger partial charge in [-0.05, 0) is 50.6 Å². The van der Waals surface area contributed by atoms with Gasteiger partial charge in [-0.25, -0.2) is 14.6 Å². The number of aryl methyl sites for hydroxylation is 2. The number of hydrogen-bond donors (Lipinski definition) is 2. The van der Waals surface area contributed by atoms with E-state index in [1.165, 1.54) is 10.5 Å². The zero-order valence-corrected chi connectivity index (χ0v) is 18.4. The standard InChI is InChI=1S/C18H19N3O4.C7H8/c1-11-9-15(20-16(10-11)21-7-8-25-18(21)24)12(2)19-14-6-4-3-5-13(14)17(22)23;1-7-5-3-2-4-6-7/h3-6,9-10,12,19H,7-8H2,1-2H3,(H,22,23);2-6H,1H3. The molecule has 2 aromatic carbocycles. The smallest absolute Gasteiger partial charge is 0.415 e. The van der Waals surface area contributed by atoms with E-state index in [2.05, 4.69) is 29.4 Å². The van der Waals surface area contributed by atoms with Crippen molar-refractivity contribution in [2.45, 2.75) is 26.8 Å². The lowest BCUT2D eigenvalue weighted by Crippen LogP contribution is -2.25. The Morgan fingerprint density at radius 1 is 1.06 bits per heavy atom. The summed E-state index contributed by atoms with van der Waals surface area (Å²) in [5.41, 5.74) is 3.72. The van der Waals surface area contributed by atoms with Gasteiger partial charge < -0.3 is 15.2 Å². The summed E-state index contributed by atoms with van der Waals surface area (Å²) in [5.74, 6) is -0.453. The van der Waals surface area contributed by atoms with E-state index >= 15 is 0 Å². The van der Waals surface area contributed by atoms with Gasteiger partial charge in [0.2, 0.25) is 0 Å². The molecule has 0 radical (unpaired) electrons. The Labute approximate surface area is 187 Å². The van der Waals surface area contributed by atoms with Crippen LogP contribution in [-0.2, 0) is 4.74 Å². The second-order valence-corrected chi connectivity index (χ2v) is 7.57. The van der Waals surface area contributed by atoms with Crippen molar-refractivity contribution in [2.24, 2.45) is 0 Å². The zero-order valence-electron chi connectivity index (χ0n) is 18.4. The quantitative estimate of drug-likeness (QED) is 0.574. The van der Waals surface area contributed by atoms with Gasteiger partial charge in [0.15, 0.2) is 0 Å². The maximum absolute atomic E-state index is 11.8. The van der Waals surface area contributed by atoms with Crippen LogP contribution in [0.3, 0.4) is 0 Å². The first-order valence-corrected chi connectivity index (χ1v) is 10.4. The van der Waals surface area contributed by atoms with Crippen LogP contribution in [0.4, 0.5) is 16.3 Å². The molecule has 1 fully saturated rings. The summed E-state index contributed by atoms with van der Waals surface area (Å²) in [7, 11) is 0. The molecule has 2 heterocycles. The van der Waals surface area contributed by atoms with Crippen molar-refractivity contribution in [1.29, 1.82) is 0 Å². The molecule has 1 aliphatic heterocycles. The molecule has 32 heavy (non-hydrogen) atoms. The number of ether oxygens (including phenoxy) is 1. The van der Waals surface area contributed by atoms with E-state index in [1.807, 2.05) is 44.2 Å². The Hall–Kier alpha value is -3.87. The molecule has 1 atom stereocenters. The third-order valence-electron chi connectivity index (χ3n) is 4.93. The van der Waals surface area contributed by atoms with Crippen LogP contribution in [0.1, 0.15) is 40.1 Å². The molecule has 2 N–H and O–H groups in total. The van der Waals surface area contributed by atoms with Gasteiger partial charge in [-0.3, -0.25) is 4.90 Å². The summed E-state index contributed by atoms with van der Waals surface area (Å²) < 4.78 is 4.96. The predicted molar refractivity (Wildman–Crippen MR) is 124 cm³/mol. The largest absolute Gasteiger partial charge is 0.478 e. The summed E-state index contributed by atoms with van der Waals surface area (Å²) in [6.07, 6.45) is -0.402. The number of amides is 1. The molecule has 3 aromatic rings. The van der Waals surface area contributed by atoms with E-state index in [4.69, 9.17) is 4.74 Å². The molecule has 0 bridgehead atoms. The molecule has 7 heteroatoms. The van der Waals surface area contributed by atoms with E-state index < -0.39 is 12.1 Å². The van der Waals surface area contributed by atoms with Crippen molar-refractivity contribution in [3.05, 3.63) is 89.1 Å². The highest BCUT2D eigenvalue weighted by molar-refractivity contribution is 5.94. The van der Waals surface area contributed by atoms with Crippen LogP contribution in [0.15, 0.2) is 66.7 Å². The van der Waals surface area contributed by atoms with Crippen LogP contribution in [0.5, 0.6) is 0 Å². The van der Waals surface area contributed by atoms with Crippen molar-refractivity contribution in [1.82, 2.24) is 4.98 Å². The van der Waals surface area contributed by atoms with Gasteiger partial charge in [0.25, 0.3) is 0 Å². The van der Waals surface area contributed by atoms with Crippen molar-refractivity contribution in [3.63, 3.8) is 0 Å². The van der Waals surface area contributed by atoms with Crippen LogP contribution >= 0.6 is 0 Å². The molecule has 166 valence electrons. The fourth-order valence-corrected chi connectivity index (χ4v) is 3.27. The first kappa shape index (κ1) is 22.8. The molecule has 7 nitrogen and oxygen atoms in total. The van der Waals surface area contributed by atoms with Gasteiger partial charge in [0.1, 0.15) is 12.4 Å². The molecule has 1 unspecified atom stereocenters. The highest BCUT2D eigenvalue weighted by atomic mass is 16.6. The molecule has 4 rings (SSSR count). The number of cyclic esters (lactones) is 1. The lowest BCUT2D eigenvalue weighted by atomic mass is 10.1. The maximum Gasteiger partial charge on any atom is 0.415 e. The van der Waals surface area contributed by atoms with Crippen LogP contribution in [0.25, 0.3) is 0 Å². The number of carbonyl (C=O) groups excluding carboxylic acids is 1. The normalized spacial score (nSPS) is 13.6. The molecule has 0 aliphatic carbocycles. The first-order valence-electron chi connectivity index (χ1n) is 10.4. The summed E-state index contributed by atoms with van der Waals surface area (Å²) >= 11 is 0. The van der Waals surface area contributed by atoms with E-state index in [9.17, 15) is 14.7 Å². The molecular formula is C25H27N3O4. The number of para-hydroxylation sites is 1. The fourth-order valence-electron chi connectivity index (χ4n) is 3.27. The number of nitrogens with zero attached hydrogens (tertiary/aromatic N) is 2. The van der Waals surface area contributed by atoms with Crippen molar-refractivity contribution in [3.8, 4) is 0 Å². The number of rotatable bonds is 5. The highest BCUT2D eigenvalue weighted by Gasteiger charge is 2.25. The molecule has 0 saturated carbocycles. The van der Waals surface area contributed by atoms with Crippen molar-refractivity contribution < 1.29 is 19.4 Å². The summed E-state index contributed by atoms with van der Waals surface area (Å²) in [6, 6.07) is 20.5. The predicted octanol–water partition coefficient (Wildman–Crippen LogP) is 5.21. The third kappa shape index (κ3) is 5.85. The molecule has 1 aliphatic rings. The lowest BCUT2D eigenvalue weighted by Gasteiger charge is -2.19. The average molecular weight is 434 g/mol. The Balaban J connectivity index is 0.000000352. The average Bonchev–Trinajstić information content (AvgIpc) is 3.20. The fraction of sp³-hybridized carbons (Fsp3) is 0.240. The van der Waals surface area contributed by atoms with E-state index in [0.29, 0.717) is 24.7 Å². The van der Waals surface area contributed by atoms with Gasteiger partial charge in [-0.2, -0.15) is 0 Å². The number of pyridine rings is 1. The van der Waals surface area contributed by atoms with Crippen LogP contribution < -0.4 is 10.2 Å². The minimum atomic E-state index is -0.993. The van der Waals surface area contributed by atoms with Gasteiger partial charge in [-0.15, -0.1) is 0 Å². The van der Waals surface area contributed by atoms with Gasteiger partial charge in [0.05, 0.1) is 23.8 Å². The number of anilines is 2. The van der Waals surface area contributed by atoms with Gasteiger partial charge >= 0.3 is 12.1 Å². The third-order valence-corrected chi connectivity index (χ3v) is 4.93. The second kappa shape index (κ2) is 10.4. The van der Waals surface area contributed by atoms with Crippen LogP contribution in [-0.4, -0.2) is 35.3 Å². The Kier molecular flexibility index (Phi) is 7.44. The summed E-state index contributed by atoms with van der Waals surface area (Å²) in [4.78, 5) is 29.2. The number of aromatic carboxylic acids is 1. The number of nitrogens with one attached hydrogen (secondary N) is 1. The maximum atomic E-state index is 11.8. The SMILES string of the molecule is Cc1cc(C(C)Nc2ccccc2C(=O)O)nc(N2CCOC2=O)c1.Cc1ccccc1. The summed E-state index contributed by atoms with van der Waals surface area (Å²) in [6.45, 7) is 6.72. The number of aromatic nitrogens is 1. The molecule has 1 aromatic heterocycles. The molecule has 1 saturated heterocycles. The minimum Gasteiger partial charge on any atom is -0.478 e. The van der Waals surface area contributed by atoms with Crippen molar-refractivity contribution >= 4 is 23.6 Å². The van der Waals surface area contributed by atoms with E-state index in [1.54, 1.807) is 24.3 Å². The number of carbonyl (C=O) groups is 2. The molecule has 1 amide bonds. The zero-order chi connectivity index (χ0) is 23.1. The Morgan fingerprint density at radius 3 is 2.34 bits per heavy atom. The highest BCUT2D eigenvalue weighted by Crippen LogP contribution is 2.25. The summed E-state index contributed by atoms with van der Waals surface area (Å²) in [5, 5.41) is 12.5. The van der Waals surface area contributed by atoms with Crippen molar-refractivity contribution in [2.75, 3.05) is 23.4 Å². The van der Waals surface area contributed by atoms with Gasteiger partial charge in [0, 0.05) is 5.69 Å². The Morgan fingerprint density at radius 2 is 1.75 bits per heavy atom. The number of carboxylic acid groups (broad SMARTS) is 1. The number of hydrogen-bond acceptors (Lipinski definition) is 5. The van der Waals surface area contributed by atoms with Gasteiger partial charge in [-0.1, -0.05) is 48.0 Å². The Bertz CT molecular complexity index is 1090. The minimum absolute atomic E-state index is 0.199. The number of carboxylic acids is 1. The monoisotopic (exact) mass is 433 g/mol. The van der Waals surface area contributed by atoms with Crippen LogP contribution in [0, 0.1) is 13.8 Å². The van der Waals surface area contributed by atoms with Crippen LogP contribution in [0.2, 0.25) is 0 Å². The molecule has 0 spiro atoms.